The Morgan fingerprint density at radius 1 is 0.353 bits per heavy atom. The molecular formula is C47H28N2S2. The van der Waals surface area contributed by atoms with Gasteiger partial charge in [-0.2, -0.15) is 0 Å². The minimum absolute atomic E-state index is 1.12. The van der Waals surface area contributed by atoms with Gasteiger partial charge < -0.3 is 4.90 Å². The summed E-state index contributed by atoms with van der Waals surface area (Å²) in [5.41, 5.74) is 5.78. The standard InChI is InChI=1S/C47H28N2S2/c1-3-7-44-40(5-1)42-24-31-13-17-38(22-35(31)26-46(42)50-44)49(37-15-11-29(12-16-37)30-9-10-34-28-48-20-19-33(34)21-30)39-18-14-32-25-43-41-6-2-4-8-45(41)51-47(43)27-36(32)23-39/h1-28H. The Bertz CT molecular complexity index is 3000. The van der Waals surface area contributed by atoms with Crippen molar-refractivity contribution in [2.24, 2.45) is 0 Å². The van der Waals surface area contributed by atoms with Crippen molar-refractivity contribution in [2.75, 3.05) is 4.90 Å². The van der Waals surface area contributed by atoms with Crippen LogP contribution in [0.4, 0.5) is 17.1 Å². The molecule has 0 spiro atoms. The van der Waals surface area contributed by atoms with Crippen LogP contribution in [0.1, 0.15) is 0 Å². The molecule has 3 heterocycles. The predicted molar refractivity (Wildman–Crippen MR) is 223 cm³/mol. The first-order valence-corrected chi connectivity index (χ1v) is 18.8. The summed E-state index contributed by atoms with van der Waals surface area (Å²) in [4.78, 5) is 6.69. The monoisotopic (exact) mass is 684 g/mol. The number of rotatable bonds is 4. The molecule has 0 saturated heterocycles. The van der Waals surface area contributed by atoms with Crippen LogP contribution >= 0.6 is 22.7 Å². The normalized spacial score (nSPS) is 11.9. The molecular weight excluding hydrogens is 657 g/mol. The Hall–Kier alpha value is -6.07. The van der Waals surface area contributed by atoms with E-state index in [1.165, 1.54) is 78.4 Å². The zero-order valence-corrected chi connectivity index (χ0v) is 29.0. The molecule has 0 aliphatic rings. The van der Waals surface area contributed by atoms with E-state index >= 15 is 0 Å². The largest absolute Gasteiger partial charge is 0.310 e. The third-order valence-electron chi connectivity index (χ3n) is 10.3. The molecule has 0 unspecified atom stereocenters. The second kappa shape index (κ2) is 11.2. The van der Waals surface area contributed by atoms with E-state index in [1.54, 1.807) is 0 Å². The molecule has 2 nitrogen and oxygen atoms in total. The van der Waals surface area contributed by atoms with Crippen molar-refractivity contribution in [1.82, 2.24) is 4.98 Å². The van der Waals surface area contributed by atoms with Gasteiger partial charge in [0.05, 0.1) is 0 Å². The van der Waals surface area contributed by atoms with E-state index in [0.717, 1.165) is 22.4 Å². The minimum atomic E-state index is 1.12. The van der Waals surface area contributed by atoms with Gasteiger partial charge >= 0.3 is 0 Å². The topological polar surface area (TPSA) is 16.1 Å². The fraction of sp³-hybridized carbons (Fsp3) is 0. The summed E-state index contributed by atoms with van der Waals surface area (Å²) in [5.74, 6) is 0. The van der Waals surface area contributed by atoms with E-state index in [1.807, 2.05) is 35.1 Å². The molecule has 51 heavy (non-hydrogen) atoms. The first kappa shape index (κ1) is 28.7. The zero-order valence-electron chi connectivity index (χ0n) is 27.4. The van der Waals surface area contributed by atoms with Crippen molar-refractivity contribution in [3.05, 3.63) is 170 Å². The Morgan fingerprint density at radius 2 is 0.882 bits per heavy atom. The molecule has 0 saturated carbocycles. The van der Waals surface area contributed by atoms with Gasteiger partial charge in [0.15, 0.2) is 0 Å². The highest BCUT2D eigenvalue weighted by molar-refractivity contribution is 7.26. The Morgan fingerprint density at radius 3 is 1.51 bits per heavy atom. The average Bonchev–Trinajstić information content (AvgIpc) is 3.73. The maximum absolute atomic E-state index is 4.29. The quantitative estimate of drug-likeness (QED) is 0.183. The van der Waals surface area contributed by atoms with Crippen molar-refractivity contribution < 1.29 is 0 Å². The molecule has 0 aliphatic heterocycles. The number of thiophene rings is 2. The Kier molecular flexibility index (Phi) is 6.32. The van der Waals surface area contributed by atoms with E-state index in [4.69, 9.17) is 0 Å². The molecule has 11 rings (SSSR count). The zero-order chi connectivity index (χ0) is 33.5. The summed E-state index contributed by atoms with van der Waals surface area (Å²) < 4.78 is 5.30. The van der Waals surface area contributed by atoms with Crippen LogP contribution < -0.4 is 4.90 Å². The van der Waals surface area contributed by atoms with Crippen LogP contribution in [0.2, 0.25) is 0 Å². The molecule has 0 bridgehead atoms. The molecule has 4 heteroatoms. The maximum atomic E-state index is 4.29. The Labute approximate surface area is 302 Å². The maximum Gasteiger partial charge on any atom is 0.0468 e. The van der Waals surface area contributed by atoms with Gasteiger partial charge in [-0.3, -0.25) is 4.98 Å². The van der Waals surface area contributed by atoms with E-state index in [-0.39, 0.29) is 0 Å². The molecule has 8 aromatic carbocycles. The molecule has 0 fully saturated rings. The smallest absolute Gasteiger partial charge is 0.0468 e. The first-order chi connectivity index (χ1) is 25.2. The van der Waals surface area contributed by atoms with Crippen molar-refractivity contribution >= 4 is 112 Å². The fourth-order valence-electron chi connectivity index (χ4n) is 7.70. The molecule has 0 atom stereocenters. The first-order valence-electron chi connectivity index (χ1n) is 17.2. The van der Waals surface area contributed by atoms with Gasteiger partial charge in [0, 0.05) is 75.2 Å². The summed E-state index contributed by atoms with van der Waals surface area (Å²) in [7, 11) is 0. The predicted octanol–water partition coefficient (Wildman–Crippen LogP) is 14.4. The van der Waals surface area contributed by atoms with Crippen LogP contribution in [0.15, 0.2) is 170 Å². The summed E-state index contributed by atoms with van der Waals surface area (Å²) in [6.45, 7) is 0. The number of fused-ring (bicyclic) bond motifs is 9. The molecule has 0 radical (unpaired) electrons. The van der Waals surface area contributed by atoms with Crippen LogP contribution in [0.25, 0.3) is 83.8 Å². The number of benzene rings is 8. The van der Waals surface area contributed by atoms with Crippen LogP contribution in [-0.2, 0) is 0 Å². The summed E-state index contributed by atoms with van der Waals surface area (Å²) in [6.07, 6.45) is 3.78. The molecule has 238 valence electrons. The fourth-order valence-corrected chi connectivity index (χ4v) is 9.98. The van der Waals surface area contributed by atoms with Gasteiger partial charge in [-0.25, -0.2) is 0 Å². The van der Waals surface area contributed by atoms with Gasteiger partial charge in [-0.05, 0) is 123 Å². The van der Waals surface area contributed by atoms with Crippen LogP contribution in [-0.4, -0.2) is 4.98 Å². The SMILES string of the molecule is c1ccc2c(c1)sc1cc3cc(N(c4ccc(-c5ccc6cnccc6c5)cc4)c4ccc5cc6c(cc5c4)sc4ccccc46)ccc3cc12. The van der Waals surface area contributed by atoms with Gasteiger partial charge in [0.2, 0.25) is 0 Å². The molecule has 0 aliphatic carbocycles. The van der Waals surface area contributed by atoms with Gasteiger partial charge in [-0.1, -0.05) is 72.8 Å². The number of pyridine rings is 1. The number of hydrogen-bond acceptors (Lipinski definition) is 4. The lowest BCUT2D eigenvalue weighted by molar-refractivity contribution is 1.29. The minimum Gasteiger partial charge on any atom is -0.310 e. The summed E-state index contributed by atoms with van der Waals surface area (Å²) >= 11 is 3.74. The summed E-state index contributed by atoms with van der Waals surface area (Å²) in [6, 6.07) is 58.4. The lowest BCUT2D eigenvalue weighted by Crippen LogP contribution is -2.09. The van der Waals surface area contributed by atoms with Gasteiger partial charge in [0.25, 0.3) is 0 Å². The highest BCUT2D eigenvalue weighted by atomic mass is 32.1. The molecule has 0 N–H and O–H groups in total. The molecule has 3 aromatic heterocycles. The van der Waals surface area contributed by atoms with Crippen molar-refractivity contribution in [1.29, 1.82) is 0 Å². The van der Waals surface area contributed by atoms with Crippen LogP contribution in [0, 0.1) is 0 Å². The number of anilines is 3. The second-order valence-corrected chi connectivity index (χ2v) is 15.4. The Balaban J connectivity index is 1.07. The van der Waals surface area contributed by atoms with E-state index in [0.29, 0.717) is 0 Å². The third-order valence-corrected chi connectivity index (χ3v) is 12.5. The average molecular weight is 685 g/mol. The molecule has 0 amide bonds. The number of nitrogens with zero attached hydrogens (tertiary/aromatic N) is 2. The number of hydrogen-bond donors (Lipinski definition) is 0. The van der Waals surface area contributed by atoms with Crippen molar-refractivity contribution in [2.45, 2.75) is 0 Å². The molecule has 11 aromatic rings. The van der Waals surface area contributed by atoms with Crippen molar-refractivity contribution in [3.63, 3.8) is 0 Å². The summed E-state index contributed by atoms with van der Waals surface area (Å²) in [5, 5.41) is 12.7. The van der Waals surface area contributed by atoms with E-state index < -0.39 is 0 Å². The lowest BCUT2D eigenvalue weighted by Gasteiger charge is -2.26. The van der Waals surface area contributed by atoms with Crippen LogP contribution in [0.5, 0.6) is 0 Å². The number of aromatic nitrogens is 1. The van der Waals surface area contributed by atoms with E-state index in [2.05, 4.69) is 168 Å². The third kappa shape index (κ3) is 4.72. The highest BCUT2D eigenvalue weighted by Gasteiger charge is 2.16. The van der Waals surface area contributed by atoms with E-state index in [9.17, 15) is 0 Å². The van der Waals surface area contributed by atoms with Gasteiger partial charge in [0.1, 0.15) is 0 Å². The second-order valence-electron chi connectivity index (χ2n) is 13.3. The van der Waals surface area contributed by atoms with Gasteiger partial charge in [-0.15, -0.1) is 22.7 Å². The highest BCUT2D eigenvalue weighted by Crippen LogP contribution is 2.42. The lowest BCUT2D eigenvalue weighted by atomic mass is 10.0. The van der Waals surface area contributed by atoms with Crippen LogP contribution in [0.3, 0.4) is 0 Å². The van der Waals surface area contributed by atoms with Crippen molar-refractivity contribution in [3.8, 4) is 11.1 Å².